The number of nitrogens with one attached hydrogen (secondary N) is 1. The van der Waals surface area contributed by atoms with Crippen LogP contribution in [0.4, 0.5) is 5.69 Å². The Balaban J connectivity index is 2.13. The summed E-state index contributed by atoms with van der Waals surface area (Å²) in [5, 5.41) is 3.08. The lowest BCUT2D eigenvalue weighted by Crippen LogP contribution is -2.24. The topological polar surface area (TPSA) is 49.4 Å². The van der Waals surface area contributed by atoms with Crippen LogP contribution in [-0.2, 0) is 10.0 Å². The monoisotopic (exact) mass is 280 g/mol. The van der Waals surface area contributed by atoms with Gasteiger partial charge in [-0.15, -0.1) is 0 Å². The average Bonchev–Trinajstić information content (AvgIpc) is 2.75. The lowest BCUT2D eigenvalue weighted by atomic mass is 10.1. The third-order valence-electron chi connectivity index (χ3n) is 3.13. The Labute approximate surface area is 115 Å². The van der Waals surface area contributed by atoms with E-state index in [-0.39, 0.29) is 5.75 Å². The molecule has 1 fully saturated rings. The molecule has 0 amide bonds. The van der Waals surface area contributed by atoms with Gasteiger partial charge in [0, 0.05) is 6.54 Å². The van der Waals surface area contributed by atoms with Crippen LogP contribution in [-0.4, -0.2) is 34.3 Å². The van der Waals surface area contributed by atoms with Gasteiger partial charge in [0.2, 0.25) is 10.0 Å². The molecule has 0 bridgehead atoms. The van der Waals surface area contributed by atoms with Gasteiger partial charge in [-0.05, 0) is 44.1 Å². The normalized spacial score (nSPS) is 18.3. The van der Waals surface area contributed by atoms with Crippen LogP contribution in [0, 0.1) is 0 Å². The molecule has 1 aliphatic heterocycles. The molecule has 0 unspecified atom stereocenters. The van der Waals surface area contributed by atoms with Gasteiger partial charge < -0.3 is 5.32 Å². The van der Waals surface area contributed by atoms with Crippen molar-refractivity contribution < 1.29 is 8.42 Å². The first-order chi connectivity index (χ1) is 9.13. The van der Waals surface area contributed by atoms with Crippen LogP contribution in [0.3, 0.4) is 0 Å². The fourth-order valence-electron chi connectivity index (χ4n) is 2.16. The predicted octanol–water partition coefficient (Wildman–Crippen LogP) is 1.85. The summed E-state index contributed by atoms with van der Waals surface area (Å²) in [6, 6.07) is 7.68. The van der Waals surface area contributed by atoms with E-state index in [9.17, 15) is 8.42 Å². The van der Waals surface area contributed by atoms with Crippen LogP contribution >= 0.6 is 0 Å². The van der Waals surface area contributed by atoms with Crippen LogP contribution in [0.25, 0.3) is 6.08 Å². The van der Waals surface area contributed by atoms with Crippen molar-refractivity contribution in [2.24, 2.45) is 0 Å². The first-order valence-corrected chi connectivity index (χ1v) is 8.16. The van der Waals surface area contributed by atoms with Crippen LogP contribution in [0.1, 0.15) is 18.4 Å². The third-order valence-corrected chi connectivity index (χ3v) is 5.00. The Morgan fingerprint density at radius 3 is 2.95 bits per heavy atom. The summed E-state index contributed by atoms with van der Waals surface area (Å²) in [5.74, 6) is 0.259. The molecule has 1 aromatic carbocycles. The van der Waals surface area contributed by atoms with E-state index in [0.717, 1.165) is 24.2 Å². The number of rotatable bonds is 5. The molecular weight excluding hydrogens is 260 g/mol. The molecule has 104 valence electrons. The molecule has 0 aromatic heterocycles. The molecule has 1 aromatic rings. The number of hydrogen-bond donors (Lipinski definition) is 1. The molecule has 1 aliphatic rings. The highest BCUT2D eigenvalue weighted by Crippen LogP contribution is 2.25. The van der Waals surface area contributed by atoms with Gasteiger partial charge in [-0.2, -0.15) is 0 Å². The van der Waals surface area contributed by atoms with Crippen molar-refractivity contribution in [2.45, 2.75) is 12.8 Å². The van der Waals surface area contributed by atoms with E-state index in [0.29, 0.717) is 13.0 Å². The Kier molecular flexibility index (Phi) is 4.61. The van der Waals surface area contributed by atoms with E-state index in [2.05, 4.69) is 11.4 Å². The van der Waals surface area contributed by atoms with Gasteiger partial charge in [0.1, 0.15) is 0 Å². The minimum Gasteiger partial charge on any atom is -0.319 e. The molecule has 0 saturated carbocycles. The van der Waals surface area contributed by atoms with E-state index in [1.165, 1.54) is 4.31 Å². The zero-order valence-corrected chi connectivity index (χ0v) is 12.0. The summed E-state index contributed by atoms with van der Waals surface area (Å²) in [5.41, 5.74) is 1.81. The Morgan fingerprint density at radius 2 is 2.26 bits per heavy atom. The van der Waals surface area contributed by atoms with Gasteiger partial charge in [-0.25, -0.2) is 8.42 Å². The minimum absolute atomic E-state index is 0.259. The zero-order valence-electron chi connectivity index (χ0n) is 11.2. The maximum absolute atomic E-state index is 11.9. The lowest BCUT2D eigenvalue weighted by molar-refractivity contribution is 0.599. The highest BCUT2D eigenvalue weighted by atomic mass is 32.2. The Morgan fingerprint density at radius 1 is 1.42 bits per heavy atom. The van der Waals surface area contributed by atoms with Crippen molar-refractivity contribution in [1.82, 2.24) is 5.32 Å². The molecule has 1 saturated heterocycles. The Bertz CT molecular complexity index is 552. The van der Waals surface area contributed by atoms with Gasteiger partial charge in [0.25, 0.3) is 0 Å². The van der Waals surface area contributed by atoms with Crippen LogP contribution in [0.15, 0.2) is 30.3 Å². The van der Waals surface area contributed by atoms with Gasteiger partial charge in [0.05, 0.1) is 11.4 Å². The summed E-state index contributed by atoms with van der Waals surface area (Å²) in [7, 11) is -1.16. The number of hydrogen-bond acceptors (Lipinski definition) is 3. The molecule has 1 heterocycles. The molecule has 5 heteroatoms. The SMILES string of the molecule is CNCCC=Cc1cccc(N2CCCS2(=O)=O)c1. The summed E-state index contributed by atoms with van der Waals surface area (Å²) >= 11 is 0. The van der Waals surface area contributed by atoms with Crippen molar-refractivity contribution in [3.8, 4) is 0 Å². The predicted molar refractivity (Wildman–Crippen MR) is 79.8 cm³/mol. The van der Waals surface area contributed by atoms with Crippen molar-refractivity contribution in [3.05, 3.63) is 35.9 Å². The lowest BCUT2D eigenvalue weighted by Gasteiger charge is -2.17. The maximum Gasteiger partial charge on any atom is 0.235 e. The van der Waals surface area contributed by atoms with Crippen molar-refractivity contribution in [1.29, 1.82) is 0 Å². The van der Waals surface area contributed by atoms with E-state index in [1.807, 2.05) is 37.4 Å². The average molecular weight is 280 g/mol. The molecule has 0 aliphatic carbocycles. The largest absolute Gasteiger partial charge is 0.319 e. The zero-order chi connectivity index (χ0) is 13.7. The van der Waals surface area contributed by atoms with Gasteiger partial charge in [0.15, 0.2) is 0 Å². The minimum atomic E-state index is -3.09. The van der Waals surface area contributed by atoms with Gasteiger partial charge in [-0.1, -0.05) is 24.3 Å². The van der Waals surface area contributed by atoms with Gasteiger partial charge >= 0.3 is 0 Å². The van der Waals surface area contributed by atoms with Crippen LogP contribution in [0.5, 0.6) is 0 Å². The molecule has 0 radical (unpaired) electrons. The van der Waals surface area contributed by atoms with E-state index in [1.54, 1.807) is 0 Å². The highest BCUT2D eigenvalue weighted by molar-refractivity contribution is 7.93. The second kappa shape index (κ2) is 6.21. The summed E-state index contributed by atoms with van der Waals surface area (Å²) in [6.45, 7) is 1.53. The van der Waals surface area contributed by atoms with E-state index < -0.39 is 10.0 Å². The maximum atomic E-state index is 11.9. The molecule has 0 atom stereocenters. The highest BCUT2D eigenvalue weighted by Gasteiger charge is 2.28. The molecule has 1 N–H and O–H groups in total. The number of nitrogens with zero attached hydrogens (tertiary/aromatic N) is 1. The molecular formula is C14H20N2O2S. The third kappa shape index (κ3) is 3.58. The first-order valence-electron chi connectivity index (χ1n) is 6.55. The van der Waals surface area contributed by atoms with E-state index in [4.69, 9.17) is 0 Å². The fraction of sp³-hybridized carbons (Fsp3) is 0.429. The first kappa shape index (κ1) is 14.1. The number of sulfonamides is 1. The van der Waals surface area contributed by atoms with Crippen molar-refractivity contribution in [2.75, 3.05) is 30.2 Å². The second-order valence-electron chi connectivity index (χ2n) is 4.63. The molecule has 0 spiro atoms. The summed E-state index contributed by atoms with van der Waals surface area (Å²) < 4.78 is 25.3. The number of anilines is 1. The second-order valence-corrected chi connectivity index (χ2v) is 6.64. The van der Waals surface area contributed by atoms with E-state index >= 15 is 0 Å². The quantitative estimate of drug-likeness (QED) is 0.837. The number of benzene rings is 1. The standard InChI is InChI=1S/C14H20N2O2S/c1-15-9-3-2-6-13-7-4-8-14(12-13)16-10-5-11-19(16,17)18/h2,4,6-8,12,15H,3,5,9-11H2,1H3. The Hall–Kier alpha value is -1.33. The molecule has 19 heavy (non-hydrogen) atoms. The fourth-order valence-corrected chi connectivity index (χ4v) is 3.72. The molecule has 2 rings (SSSR count). The van der Waals surface area contributed by atoms with Crippen LogP contribution < -0.4 is 9.62 Å². The van der Waals surface area contributed by atoms with Crippen molar-refractivity contribution >= 4 is 21.8 Å². The smallest absolute Gasteiger partial charge is 0.235 e. The van der Waals surface area contributed by atoms with Crippen molar-refractivity contribution in [3.63, 3.8) is 0 Å². The van der Waals surface area contributed by atoms with Gasteiger partial charge in [-0.3, -0.25) is 4.31 Å². The summed E-state index contributed by atoms with van der Waals surface area (Å²) in [6.07, 6.45) is 5.80. The van der Waals surface area contributed by atoms with Crippen LogP contribution in [0.2, 0.25) is 0 Å². The summed E-state index contributed by atoms with van der Waals surface area (Å²) in [4.78, 5) is 0. The molecule has 4 nitrogen and oxygen atoms in total.